The number of amides is 1. The van der Waals surface area contributed by atoms with E-state index in [0.29, 0.717) is 16.3 Å². The van der Waals surface area contributed by atoms with Gasteiger partial charge in [0.25, 0.3) is 15.9 Å². The van der Waals surface area contributed by atoms with E-state index in [1.54, 1.807) is 50.2 Å². The summed E-state index contributed by atoms with van der Waals surface area (Å²) in [5.74, 6) is -0.235. The van der Waals surface area contributed by atoms with Gasteiger partial charge in [0.05, 0.1) is 21.3 Å². The molecule has 1 atom stereocenters. The molecule has 1 aliphatic rings. The highest BCUT2D eigenvalue weighted by Gasteiger charge is 2.34. The lowest BCUT2D eigenvalue weighted by molar-refractivity contribution is -0.117. The van der Waals surface area contributed by atoms with Crippen molar-refractivity contribution < 1.29 is 13.2 Å². The van der Waals surface area contributed by atoms with Crippen LogP contribution in [-0.2, 0) is 14.8 Å². The number of nitrogens with zero attached hydrogens (tertiary/aromatic N) is 1. The highest BCUT2D eigenvalue weighted by Crippen LogP contribution is 2.29. The first-order valence-corrected chi connectivity index (χ1v) is 10.00. The van der Waals surface area contributed by atoms with Gasteiger partial charge in [-0.25, -0.2) is 8.42 Å². The summed E-state index contributed by atoms with van der Waals surface area (Å²) in [6.07, 6.45) is 0. The Morgan fingerprint density at radius 3 is 2.54 bits per heavy atom. The van der Waals surface area contributed by atoms with E-state index < -0.39 is 16.1 Å². The fourth-order valence-electron chi connectivity index (χ4n) is 2.61. The van der Waals surface area contributed by atoms with Gasteiger partial charge in [-0.2, -0.15) is 0 Å². The Bertz CT molecular complexity index is 1010. The Morgan fingerprint density at radius 2 is 1.92 bits per heavy atom. The van der Waals surface area contributed by atoms with E-state index in [0.717, 1.165) is 0 Å². The van der Waals surface area contributed by atoms with Crippen molar-refractivity contribution in [2.24, 2.45) is 0 Å². The number of hydrogen-bond acceptors (Lipinski definition) is 4. The quantitative estimate of drug-likeness (QED) is 0.759. The maximum atomic E-state index is 12.8. The summed E-state index contributed by atoms with van der Waals surface area (Å²) in [4.78, 5) is 13.6. The SMILES string of the molecule is Cc1ccc(N2C(=O)[C@H](C)NC2=S)cc1S(=O)(=O)Nc1ccccc1Cl. The molecule has 1 heterocycles. The molecule has 26 heavy (non-hydrogen) atoms. The van der Waals surface area contributed by atoms with Gasteiger partial charge in [-0.3, -0.25) is 14.4 Å². The Balaban J connectivity index is 2.01. The first kappa shape index (κ1) is 18.6. The van der Waals surface area contributed by atoms with Gasteiger partial charge in [-0.1, -0.05) is 29.8 Å². The number of rotatable bonds is 4. The van der Waals surface area contributed by atoms with E-state index in [4.69, 9.17) is 23.8 Å². The van der Waals surface area contributed by atoms with E-state index >= 15 is 0 Å². The zero-order chi connectivity index (χ0) is 19.1. The van der Waals surface area contributed by atoms with Crippen LogP contribution in [0.1, 0.15) is 12.5 Å². The van der Waals surface area contributed by atoms with Gasteiger partial charge in [-0.15, -0.1) is 0 Å². The van der Waals surface area contributed by atoms with Crippen LogP contribution in [0.2, 0.25) is 5.02 Å². The summed E-state index contributed by atoms with van der Waals surface area (Å²) in [7, 11) is -3.90. The molecule has 0 unspecified atom stereocenters. The lowest BCUT2D eigenvalue weighted by atomic mass is 10.2. The first-order chi connectivity index (χ1) is 12.2. The Labute approximate surface area is 162 Å². The number of anilines is 2. The Morgan fingerprint density at radius 1 is 1.23 bits per heavy atom. The third kappa shape index (κ3) is 3.40. The van der Waals surface area contributed by atoms with Gasteiger partial charge in [0, 0.05) is 0 Å². The molecule has 1 fully saturated rings. The van der Waals surface area contributed by atoms with Gasteiger partial charge in [0.15, 0.2) is 5.11 Å². The van der Waals surface area contributed by atoms with Gasteiger partial charge >= 0.3 is 0 Å². The topological polar surface area (TPSA) is 78.5 Å². The van der Waals surface area contributed by atoms with Crippen LogP contribution in [0, 0.1) is 6.92 Å². The summed E-state index contributed by atoms with van der Waals surface area (Å²) in [6.45, 7) is 3.37. The monoisotopic (exact) mass is 409 g/mol. The zero-order valence-electron chi connectivity index (χ0n) is 14.0. The predicted molar refractivity (Wildman–Crippen MR) is 106 cm³/mol. The van der Waals surface area contributed by atoms with Crippen LogP contribution in [0.15, 0.2) is 47.4 Å². The number of nitrogens with one attached hydrogen (secondary N) is 2. The third-order valence-corrected chi connectivity index (χ3v) is 6.11. The smallest absolute Gasteiger partial charge is 0.262 e. The molecule has 2 N–H and O–H groups in total. The summed E-state index contributed by atoms with van der Waals surface area (Å²) in [5, 5.41) is 3.40. The summed E-state index contributed by atoms with van der Waals surface area (Å²) in [5.41, 5.74) is 1.20. The van der Waals surface area contributed by atoms with Crippen molar-refractivity contribution in [3.8, 4) is 0 Å². The van der Waals surface area contributed by atoms with Gasteiger partial charge in [-0.05, 0) is 55.9 Å². The van der Waals surface area contributed by atoms with Crippen LogP contribution in [0.3, 0.4) is 0 Å². The number of aryl methyl sites for hydroxylation is 1. The highest BCUT2D eigenvalue weighted by molar-refractivity contribution is 7.92. The average Bonchev–Trinajstić information content (AvgIpc) is 2.83. The third-order valence-electron chi connectivity index (χ3n) is 3.97. The number of thiocarbonyl (C=S) groups is 1. The van der Waals surface area contributed by atoms with E-state index in [9.17, 15) is 13.2 Å². The molecule has 0 aliphatic carbocycles. The predicted octanol–water partition coefficient (Wildman–Crippen LogP) is 3.06. The molecule has 6 nitrogen and oxygen atoms in total. The molecule has 1 saturated heterocycles. The van der Waals surface area contributed by atoms with Crippen LogP contribution >= 0.6 is 23.8 Å². The van der Waals surface area contributed by atoms with Crippen LogP contribution in [-0.4, -0.2) is 25.5 Å². The van der Waals surface area contributed by atoms with Crippen molar-refractivity contribution in [3.05, 3.63) is 53.1 Å². The van der Waals surface area contributed by atoms with Gasteiger partial charge < -0.3 is 5.32 Å². The normalized spacial score (nSPS) is 17.3. The summed E-state index contributed by atoms with van der Waals surface area (Å²) >= 11 is 11.2. The maximum Gasteiger partial charge on any atom is 0.262 e. The standard InChI is InChI=1S/C17H16ClN3O3S2/c1-10-7-8-12(21-16(22)11(2)19-17(21)25)9-15(10)26(23,24)20-14-6-4-3-5-13(14)18/h3-9,11,20H,1-2H3,(H,19,25)/t11-/m0/s1. The molecule has 1 amide bonds. The Kier molecular flexibility index (Phi) is 4.92. The lowest BCUT2D eigenvalue weighted by Gasteiger charge is -2.18. The van der Waals surface area contributed by atoms with E-state index in [1.165, 1.54) is 11.0 Å². The van der Waals surface area contributed by atoms with Crippen LogP contribution < -0.4 is 14.9 Å². The van der Waals surface area contributed by atoms with Gasteiger partial charge in [0.1, 0.15) is 6.04 Å². The number of halogens is 1. The molecular formula is C17H16ClN3O3S2. The number of hydrogen-bond donors (Lipinski definition) is 2. The molecule has 136 valence electrons. The molecular weight excluding hydrogens is 394 g/mol. The average molecular weight is 410 g/mol. The zero-order valence-corrected chi connectivity index (χ0v) is 16.4. The minimum Gasteiger partial charge on any atom is -0.350 e. The van der Waals surface area contributed by atoms with Crippen molar-refractivity contribution in [3.63, 3.8) is 0 Å². The molecule has 2 aromatic rings. The molecule has 0 spiro atoms. The molecule has 0 bridgehead atoms. The van der Waals surface area contributed by atoms with Gasteiger partial charge in [0.2, 0.25) is 0 Å². The molecule has 0 radical (unpaired) electrons. The molecule has 1 aliphatic heterocycles. The van der Waals surface area contributed by atoms with Crippen molar-refractivity contribution in [2.75, 3.05) is 9.62 Å². The van der Waals surface area contributed by atoms with Crippen molar-refractivity contribution in [1.82, 2.24) is 5.32 Å². The van der Waals surface area contributed by atoms with Crippen LogP contribution in [0.4, 0.5) is 11.4 Å². The number of carbonyl (C=O) groups is 1. The number of carbonyl (C=O) groups excluding carboxylic acids is 1. The minimum atomic E-state index is -3.90. The fraction of sp³-hybridized carbons (Fsp3) is 0.176. The van der Waals surface area contributed by atoms with Crippen molar-refractivity contribution >= 4 is 56.2 Å². The molecule has 2 aromatic carbocycles. The molecule has 0 aromatic heterocycles. The molecule has 9 heteroatoms. The van der Waals surface area contributed by atoms with E-state index in [-0.39, 0.29) is 21.6 Å². The highest BCUT2D eigenvalue weighted by atomic mass is 35.5. The summed E-state index contributed by atoms with van der Waals surface area (Å²) in [6, 6.07) is 10.8. The second-order valence-corrected chi connectivity index (χ2v) is 8.32. The maximum absolute atomic E-state index is 12.8. The van der Waals surface area contributed by atoms with E-state index in [1.807, 2.05) is 0 Å². The molecule has 3 rings (SSSR count). The van der Waals surface area contributed by atoms with Crippen LogP contribution in [0.25, 0.3) is 0 Å². The van der Waals surface area contributed by atoms with Crippen molar-refractivity contribution in [1.29, 1.82) is 0 Å². The lowest BCUT2D eigenvalue weighted by Crippen LogP contribution is -2.31. The number of sulfonamides is 1. The Hall–Kier alpha value is -2.16. The number of benzene rings is 2. The summed E-state index contributed by atoms with van der Waals surface area (Å²) < 4.78 is 28.2. The van der Waals surface area contributed by atoms with E-state index in [2.05, 4.69) is 10.0 Å². The second-order valence-electron chi connectivity index (χ2n) is 5.88. The van der Waals surface area contributed by atoms with Crippen LogP contribution in [0.5, 0.6) is 0 Å². The first-order valence-electron chi connectivity index (χ1n) is 7.73. The largest absolute Gasteiger partial charge is 0.350 e. The second kappa shape index (κ2) is 6.86. The minimum absolute atomic E-state index is 0.0464. The fourth-order valence-corrected chi connectivity index (χ4v) is 4.57. The van der Waals surface area contributed by atoms with Crippen molar-refractivity contribution in [2.45, 2.75) is 24.8 Å². The number of para-hydroxylation sites is 1. The molecule has 0 saturated carbocycles.